The lowest BCUT2D eigenvalue weighted by Crippen LogP contribution is -2.51. The molecule has 1 rings (SSSR count). The summed E-state index contributed by atoms with van der Waals surface area (Å²) in [6.45, 7) is 0.945. The maximum atomic E-state index is 11.9. The Balaban J connectivity index is 2.58. The van der Waals surface area contributed by atoms with Crippen LogP contribution in [0.3, 0.4) is 0 Å². The van der Waals surface area contributed by atoms with E-state index in [2.05, 4.69) is 5.32 Å². The van der Waals surface area contributed by atoms with Crippen molar-refractivity contribution in [1.29, 1.82) is 0 Å². The number of carbonyl (C=O) groups excluding carboxylic acids is 2. The predicted octanol–water partition coefficient (Wildman–Crippen LogP) is -0.831. The summed E-state index contributed by atoms with van der Waals surface area (Å²) >= 11 is 0. The molecule has 0 aromatic heterocycles. The SMILES string of the molecule is CCOC(=O)CN(C(=O)NC(CO)C(=O)O)C1CC1. The summed E-state index contributed by atoms with van der Waals surface area (Å²) in [5, 5.41) is 19.7. The Hall–Kier alpha value is -1.83. The van der Waals surface area contributed by atoms with E-state index in [0.29, 0.717) is 0 Å². The number of nitrogens with zero attached hydrogens (tertiary/aromatic N) is 1. The van der Waals surface area contributed by atoms with Crippen LogP contribution in [-0.2, 0) is 14.3 Å². The van der Waals surface area contributed by atoms with Crippen LogP contribution < -0.4 is 5.32 Å². The Morgan fingerprint density at radius 1 is 1.42 bits per heavy atom. The number of urea groups is 1. The van der Waals surface area contributed by atoms with Crippen molar-refractivity contribution in [2.24, 2.45) is 0 Å². The third-order valence-corrected chi connectivity index (χ3v) is 2.63. The minimum absolute atomic E-state index is 0.0717. The first-order valence-electron chi connectivity index (χ1n) is 6.06. The summed E-state index contributed by atoms with van der Waals surface area (Å²) < 4.78 is 4.75. The molecule has 0 heterocycles. The first kappa shape index (κ1) is 15.2. The molecule has 1 aliphatic rings. The highest BCUT2D eigenvalue weighted by molar-refractivity contribution is 5.85. The second kappa shape index (κ2) is 6.93. The van der Waals surface area contributed by atoms with E-state index in [9.17, 15) is 14.4 Å². The zero-order chi connectivity index (χ0) is 14.4. The van der Waals surface area contributed by atoms with E-state index >= 15 is 0 Å². The van der Waals surface area contributed by atoms with Crippen molar-refractivity contribution in [1.82, 2.24) is 10.2 Å². The van der Waals surface area contributed by atoms with Crippen LogP contribution in [0.25, 0.3) is 0 Å². The summed E-state index contributed by atoms with van der Waals surface area (Å²) in [5.41, 5.74) is 0. The van der Waals surface area contributed by atoms with Gasteiger partial charge in [-0.1, -0.05) is 0 Å². The monoisotopic (exact) mass is 274 g/mol. The smallest absolute Gasteiger partial charge is 0.328 e. The fourth-order valence-electron chi connectivity index (χ4n) is 1.52. The lowest BCUT2D eigenvalue weighted by molar-refractivity contribution is -0.143. The van der Waals surface area contributed by atoms with Crippen molar-refractivity contribution < 1.29 is 29.3 Å². The topological polar surface area (TPSA) is 116 Å². The van der Waals surface area contributed by atoms with E-state index in [4.69, 9.17) is 14.9 Å². The van der Waals surface area contributed by atoms with Gasteiger partial charge in [0, 0.05) is 6.04 Å². The minimum atomic E-state index is -1.38. The molecule has 0 spiro atoms. The van der Waals surface area contributed by atoms with E-state index in [1.54, 1.807) is 6.92 Å². The summed E-state index contributed by atoms with van der Waals surface area (Å²) in [6, 6.07) is -2.13. The molecule has 19 heavy (non-hydrogen) atoms. The molecule has 2 amide bonds. The van der Waals surface area contributed by atoms with Gasteiger partial charge in [0.1, 0.15) is 6.54 Å². The number of esters is 1. The molecule has 1 aliphatic carbocycles. The molecule has 0 bridgehead atoms. The third-order valence-electron chi connectivity index (χ3n) is 2.63. The van der Waals surface area contributed by atoms with E-state index in [0.717, 1.165) is 12.8 Å². The zero-order valence-electron chi connectivity index (χ0n) is 10.7. The van der Waals surface area contributed by atoms with E-state index < -0.39 is 30.6 Å². The number of aliphatic hydroxyl groups excluding tert-OH is 1. The maximum Gasteiger partial charge on any atom is 0.328 e. The Morgan fingerprint density at radius 3 is 2.47 bits per heavy atom. The van der Waals surface area contributed by atoms with Crippen molar-refractivity contribution in [3.63, 3.8) is 0 Å². The predicted molar refractivity (Wildman–Crippen MR) is 63.4 cm³/mol. The molecule has 0 aromatic rings. The molecule has 0 aromatic carbocycles. The highest BCUT2D eigenvalue weighted by atomic mass is 16.5. The normalized spacial score (nSPS) is 15.5. The van der Waals surface area contributed by atoms with Crippen LogP contribution in [0.5, 0.6) is 0 Å². The third kappa shape index (κ3) is 4.74. The van der Waals surface area contributed by atoms with Crippen LogP contribution in [0.4, 0.5) is 4.79 Å². The van der Waals surface area contributed by atoms with Gasteiger partial charge in [-0.3, -0.25) is 4.79 Å². The van der Waals surface area contributed by atoms with Crippen molar-refractivity contribution in [2.75, 3.05) is 19.8 Å². The lowest BCUT2D eigenvalue weighted by atomic mass is 10.3. The van der Waals surface area contributed by atoms with Gasteiger partial charge in [0.05, 0.1) is 13.2 Å². The Morgan fingerprint density at radius 2 is 2.05 bits per heavy atom. The molecule has 1 saturated carbocycles. The number of carbonyl (C=O) groups is 3. The number of aliphatic hydroxyl groups is 1. The molecule has 8 heteroatoms. The summed E-state index contributed by atoms with van der Waals surface area (Å²) in [7, 11) is 0. The van der Waals surface area contributed by atoms with Gasteiger partial charge in [0.25, 0.3) is 0 Å². The van der Waals surface area contributed by atoms with Crippen LogP contribution in [0, 0.1) is 0 Å². The fourth-order valence-corrected chi connectivity index (χ4v) is 1.52. The number of rotatable bonds is 7. The van der Waals surface area contributed by atoms with Gasteiger partial charge in [-0.2, -0.15) is 0 Å². The number of hydrogen-bond acceptors (Lipinski definition) is 5. The van der Waals surface area contributed by atoms with Gasteiger partial charge in [-0.25, -0.2) is 9.59 Å². The number of amides is 2. The average Bonchev–Trinajstić information content (AvgIpc) is 3.16. The Labute approximate surface area is 110 Å². The second-order valence-electron chi connectivity index (χ2n) is 4.19. The average molecular weight is 274 g/mol. The number of carboxylic acid groups (broad SMARTS) is 1. The van der Waals surface area contributed by atoms with E-state index in [-0.39, 0.29) is 19.2 Å². The fraction of sp³-hybridized carbons (Fsp3) is 0.727. The largest absolute Gasteiger partial charge is 0.480 e. The Bertz CT molecular complexity index is 355. The van der Waals surface area contributed by atoms with Gasteiger partial charge in [-0.05, 0) is 19.8 Å². The Kier molecular flexibility index (Phi) is 5.56. The molecular weight excluding hydrogens is 256 g/mol. The molecule has 1 atom stereocenters. The number of carboxylic acids is 1. The van der Waals surface area contributed by atoms with Crippen LogP contribution in [0.15, 0.2) is 0 Å². The second-order valence-corrected chi connectivity index (χ2v) is 4.19. The van der Waals surface area contributed by atoms with Gasteiger partial charge in [-0.15, -0.1) is 0 Å². The molecule has 1 unspecified atom stereocenters. The van der Waals surface area contributed by atoms with Gasteiger partial charge >= 0.3 is 18.0 Å². The quantitative estimate of drug-likeness (QED) is 0.522. The summed E-state index contributed by atoms with van der Waals surface area (Å²) in [5.74, 6) is -1.87. The molecule has 108 valence electrons. The highest BCUT2D eigenvalue weighted by Gasteiger charge is 2.35. The molecule has 0 aliphatic heterocycles. The first-order valence-corrected chi connectivity index (χ1v) is 6.06. The number of ether oxygens (including phenoxy) is 1. The van der Waals surface area contributed by atoms with Gasteiger partial charge < -0.3 is 25.2 Å². The van der Waals surface area contributed by atoms with Crippen LogP contribution >= 0.6 is 0 Å². The molecule has 0 radical (unpaired) electrons. The maximum absolute atomic E-state index is 11.9. The van der Waals surface area contributed by atoms with Crippen molar-refractivity contribution >= 4 is 18.0 Å². The molecule has 3 N–H and O–H groups in total. The first-order chi connectivity index (χ1) is 8.99. The van der Waals surface area contributed by atoms with Crippen LogP contribution in [-0.4, -0.2) is 64.9 Å². The highest BCUT2D eigenvalue weighted by Crippen LogP contribution is 2.26. The molecule has 8 nitrogen and oxygen atoms in total. The zero-order valence-corrected chi connectivity index (χ0v) is 10.7. The van der Waals surface area contributed by atoms with Gasteiger partial charge in [0.2, 0.25) is 0 Å². The van der Waals surface area contributed by atoms with Crippen molar-refractivity contribution in [3.8, 4) is 0 Å². The van der Waals surface area contributed by atoms with Crippen LogP contribution in [0.2, 0.25) is 0 Å². The number of hydrogen-bond donors (Lipinski definition) is 3. The summed E-state index contributed by atoms with van der Waals surface area (Å²) in [4.78, 5) is 35.2. The molecule has 1 fully saturated rings. The standard InChI is InChI=1S/C11H18N2O6/c1-2-19-9(15)5-13(7-3-4-7)11(18)12-8(6-14)10(16)17/h7-8,14H,2-6H2,1H3,(H,12,18)(H,16,17). The van der Waals surface area contributed by atoms with Crippen molar-refractivity contribution in [3.05, 3.63) is 0 Å². The molecule has 0 saturated heterocycles. The van der Waals surface area contributed by atoms with Gasteiger partial charge in [0.15, 0.2) is 6.04 Å². The summed E-state index contributed by atoms with van der Waals surface area (Å²) in [6.07, 6.45) is 1.54. The number of nitrogens with one attached hydrogen (secondary N) is 1. The van der Waals surface area contributed by atoms with Crippen LogP contribution in [0.1, 0.15) is 19.8 Å². The number of aliphatic carboxylic acids is 1. The minimum Gasteiger partial charge on any atom is -0.480 e. The van der Waals surface area contributed by atoms with E-state index in [1.165, 1.54) is 4.90 Å². The van der Waals surface area contributed by atoms with E-state index in [1.807, 2.05) is 0 Å². The lowest BCUT2D eigenvalue weighted by Gasteiger charge is -2.23. The van der Waals surface area contributed by atoms with Crippen molar-refractivity contribution in [2.45, 2.75) is 31.8 Å². The molecular formula is C11H18N2O6.